The van der Waals surface area contributed by atoms with E-state index in [-0.39, 0.29) is 18.4 Å². The van der Waals surface area contributed by atoms with Crippen molar-refractivity contribution < 1.29 is 24.2 Å². The summed E-state index contributed by atoms with van der Waals surface area (Å²) in [6.45, 7) is 0.838. The third-order valence-electron chi connectivity index (χ3n) is 5.09. The molecule has 1 heterocycles. The zero-order valence-electron chi connectivity index (χ0n) is 16.9. The van der Waals surface area contributed by atoms with Gasteiger partial charge in [0.05, 0.1) is 26.9 Å². The van der Waals surface area contributed by atoms with Gasteiger partial charge in [-0.3, -0.25) is 9.59 Å². The van der Waals surface area contributed by atoms with Crippen LogP contribution in [0.2, 0.25) is 0 Å². The number of benzene rings is 2. The highest BCUT2D eigenvalue weighted by atomic mass is 16.5. The number of likely N-dealkylation sites (N-methyl/N-ethyl adjacent to an activating group) is 1. The average Bonchev–Trinajstić information content (AvgIpc) is 3.18. The molecule has 1 aliphatic heterocycles. The van der Waals surface area contributed by atoms with Gasteiger partial charge in [-0.15, -0.1) is 0 Å². The van der Waals surface area contributed by atoms with Gasteiger partial charge in [0.1, 0.15) is 0 Å². The Bertz CT molecular complexity index is 881. The van der Waals surface area contributed by atoms with Crippen molar-refractivity contribution >= 4 is 17.5 Å². The van der Waals surface area contributed by atoms with Crippen LogP contribution in [0.15, 0.2) is 42.5 Å². The minimum absolute atomic E-state index is 0.110. The van der Waals surface area contributed by atoms with E-state index in [1.165, 1.54) is 12.0 Å². The van der Waals surface area contributed by atoms with Crippen LogP contribution in [-0.2, 0) is 4.79 Å². The molecule has 7 heteroatoms. The fraction of sp³-hybridized carbons (Fsp3) is 0.364. The first-order chi connectivity index (χ1) is 13.9. The predicted octanol–water partition coefficient (Wildman–Crippen LogP) is 2.64. The molecular formula is C22H26N2O5. The van der Waals surface area contributed by atoms with E-state index >= 15 is 0 Å². The summed E-state index contributed by atoms with van der Waals surface area (Å²) in [6, 6.07) is 12.2. The van der Waals surface area contributed by atoms with Gasteiger partial charge in [0.25, 0.3) is 5.91 Å². The number of carbonyl (C=O) groups is 2. The van der Waals surface area contributed by atoms with Crippen molar-refractivity contribution in [3.8, 4) is 11.5 Å². The molecular weight excluding hydrogens is 372 g/mol. The molecule has 0 aromatic heterocycles. The molecule has 2 amide bonds. The summed E-state index contributed by atoms with van der Waals surface area (Å²) in [6.07, 6.45) is 0.554. The topological polar surface area (TPSA) is 79.3 Å². The lowest BCUT2D eigenvalue weighted by Crippen LogP contribution is -2.31. The Balaban J connectivity index is 1.66. The standard InChI is InChI=1S/C22H26N2O5/c1-23(14-18(25)16-8-11-19(28-2)20(13-16)29-3)22(27)15-6-9-17(10-7-15)24-12-4-5-21(24)26/h6-11,13,18,25H,4-5,12,14H2,1-3H3. The molecule has 0 spiro atoms. The summed E-state index contributed by atoms with van der Waals surface area (Å²) in [5.41, 5.74) is 1.93. The monoisotopic (exact) mass is 398 g/mol. The Kier molecular flexibility index (Phi) is 6.39. The van der Waals surface area contributed by atoms with Crippen molar-refractivity contribution in [3.05, 3.63) is 53.6 Å². The smallest absolute Gasteiger partial charge is 0.253 e. The molecule has 1 unspecified atom stereocenters. The second kappa shape index (κ2) is 8.96. The van der Waals surface area contributed by atoms with E-state index in [0.717, 1.165) is 12.1 Å². The maximum Gasteiger partial charge on any atom is 0.253 e. The number of carbonyl (C=O) groups excluding carboxylic acids is 2. The van der Waals surface area contributed by atoms with Gasteiger partial charge in [-0.2, -0.15) is 0 Å². The molecule has 7 nitrogen and oxygen atoms in total. The molecule has 0 aliphatic carbocycles. The van der Waals surface area contributed by atoms with Crippen molar-refractivity contribution in [3.63, 3.8) is 0 Å². The van der Waals surface area contributed by atoms with Gasteiger partial charge in [0.15, 0.2) is 11.5 Å². The molecule has 154 valence electrons. The molecule has 0 bridgehead atoms. The van der Waals surface area contributed by atoms with E-state index in [4.69, 9.17) is 9.47 Å². The van der Waals surface area contributed by atoms with Crippen molar-refractivity contribution in [1.29, 1.82) is 0 Å². The lowest BCUT2D eigenvalue weighted by molar-refractivity contribution is -0.117. The molecule has 2 aromatic rings. The van der Waals surface area contributed by atoms with E-state index in [1.807, 2.05) is 0 Å². The summed E-state index contributed by atoms with van der Waals surface area (Å²) in [5, 5.41) is 10.6. The van der Waals surface area contributed by atoms with Crippen LogP contribution in [0.3, 0.4) is 0 Å². The number of amides is 2. The Morgan fingerprint density at radius 1 is 1.14 bits per heavy atom. The van der Waals surface area contributed by atoms with Gasteiger partial charge >= 0.3 is 0 Å². The summed E-state index contributed by atoms with van der Waals surface area (Å²) in [4.78, 5) is 27.8. The molecule has 0 saturated carbocycles. The van der Waals surface area contributed by atoms with Crippen LogP contribution in [-0.4, -0.2) is 56.2 Å². The van der Waals surface area contributed by atoms with E-state index in [1.54, 1.807) is 61.5 Å². The molecule has 2 aromatic carbocycles. The zero-order chi connectivity index (χ0) is 21.0. The SMILES string of the molecule is COc1ccc(C(O)CN(C)C(=O)c2ccc(N3CCCC3=O)cc2)cc1OC. The average molecular weight is 398 g/mol. The molecule has 1 aliphatic rings. The van der Waals surface area contributed by atoms with Crippen LogP contribution in [0.4, 0.5) is 5.69 Å². The van der Waals surface area contributed by atoms with Crippen LogP contribution in [0.1, 0.15) is 34.9 Å². The normalized spacial score (nSPS) is 14.6. The van der Waals surface area contributed by atoms with Crippen LogP contribution in [0, 0.1) is 0 Å². The molecule has 1 N–H and O–H groups in total. The molecule has 1 saturated heterocycles. The Hall–Kier alpha value is -3.06. The second-order valence-corrected chi connectivity index (χ2v) is 7.01. The van der Waals surface area contributed by atoms with E-state index in [0.29, 0.717) is 35.6 Å². The van der Waals surface area contributed by atoms with Crippen molar-refractivity contribution in [2.45, 2.75) is 18.9 Å². The van der Waals surface area contributed by atoms with Gasteiger partial charge in [0, 0.05) is 31.3 Å². The predicted molar refractivity (Wildman–Crippen MR) is 109 cm³/mol. The number of methoxy groups -OCH3 is 2. The number of nitrogens with zero attached hydrogens (tertiary/aromatic N) is 2. The van der Waals surface area contributed by atoms with Gasteiger partial charge in [-0.05, 0) is 48.4 Å². The second-order valence-electron chi connectivity index (χ2n) is 7.01. The van der Waals surface area contributed by atoms with Crippen LogP contribution >= 0.6 is 0 Å². The highest BCUT2D eigenvalue weighted by Gasteiger charge is 2.22. The highest BCUT2D eigenvalue weighted by molar-refractivity contribution is 5.97. The number of rotatable bonds is 7. The van der Waals surface area contributed by atoms with Crippen LogP contribution in [0.5, 0.6) is 11.5 Å². The first-order valence-electron chi connectivity index (χ1n) is 9.50. The largest absolute Gasteiger partial charge is 0.493 e. The number of aliphatic hydroxyl groups excluding tert-OH is 1. The minimum atomic E-state index is -0.870. The zero-order valence-corrected chi connectivity index (χ0v) is 16.9. The van der Waals surface area contributed by atoms with E-state index in [9.17, 15) is 14.7 Å². The van der Waals surface area contributed by atoms with Gasteiger partial charge < -0.3 is 24.4 Å². The van der Waals surface area contributed by atoms with Gasteiger partial charge in [-0.25, -0.2) is 0 Å². The van der Waals surface area contributed by atoms with Crippen LogP contribution < -0.4 is 14.4 Å². The Morgan fingerprint density at radius 2 is 1.83 bits per heavy atom. The van der Waals surface area contributed by atoms with Crippen molar-refractivity contribution in [2.24, 2.45) is 0 Å². The van der Waals surface area contributed by atoms with Gasteiger partial charge in [0.2, 0.25) is 5.91 Å². The third-order valence-corrected chi connectivity index (χ3v) is 5.09. The highest BCUT2D eigenvalue weighted by Crippen LogP contribution is 2.30. The molecule has 0 radical (unpaired) electrons. The summed E-state index contributed by atoms with van der Waals surface area (Å²) < 4.78 is 10.5. The Morgan fingerprint density at radius 3 is 2.41 bits per heavy atom. The molecule has 1 atom stereocenters. The lowest BCUT2D eigenvalue weighted by atomic mass is 10.1. The summed E-state index contributed by atoms with van der Waals surface area (Å²) in [7, 11) is 4.72. The maximum absolute atomic E-state index is 12.7. The number of anilines is 1. The quantitative estimate of drug-likeness (QED) is 0.776. The number of aliphatic hydroxyl groups is 1. The Labute approximate surface area is 170 Å². The molecule has 29 heavy (non-hydrogen) atoms. The number of hydrogen-bond acceptors (Lipinski definition) is 5. The number of ether oxygens (including phenoxy) is 2. The van der Waals surface area contributed by atoms with Crippen molar-refractivity contribution in [1.82, 2.24) is 4.90 Å². The summed E-state index contributed by atoms with van der Waals surface area (Å²) in [5.74, 6) is 0.998. The fourth-order valence-corrected chi connectivity index (χ4v) is 3.43. The molecule has 1 fully saturated rings. The minimum Gasteiger partial charge on any atom is -0.493 e. The van der Waals surface area contributed by atoms with Crippen molar-refractivity contribution in [2.75, 3.05) is 39.3 Å². The summed E-state index contributed by atoms with van der Waals surface area (Å²) >= 11 is 0. The van der Waals surface area contributed by atoms with Gasteiger partial charge in [-0.1, -0.05) is 6.07 Å². The van der Waals surface area contributed by atoms with Crippen LogP contribution in [0.25, 0.3) is 0 Å². The first-order valence-corrected chi connectivity index (χ1v) is 9.50. The molecule has 3 rings (SSSR count). The van der Waals surface area contributed by atoms with E-state index < -0.39 is 6.10 Å². The third kappa shape index (κ3) is 4.51. The number of hydrogen-bond donors (Lipinski definition) is 1. The fourth-order valence-electron chi connectivity index (χ4n) is 3.43. The maximum atomic E-state index is 12.7. The lowest BCUT2D eigenvalue weighted by Gasteiger charge is -2.22. The van der Waals surface area contributed by atoms with E-state index in [2.05, 4.69) is 0 Å². The first kappa shape index (κ1) is 20.7.